The fourth-order valence-electron chi connectivity index (χ4n) is 3.16. The van der Waals surface area contributed by atoms with E-state index in [0.29, 0.717) is 4.99 Å². The van der Waals surface area contributed by atoms with Crippen molar-refractivity contribution in [3.63, 3.8) is 0 Å². The normalized spacial score (nSPS) is 18.7. The second-order valence-electron chi connectivity index (χ2n) is 6.20. The van der Waals surface area contributed by atoms with Crippen molar-refractivity contribution in [2.24, 2.45) is 11.1 Å². The average Bonchev–Trinajstić information content (AvgIpc) is 2.94. The van der Waals surface area contributed by atoms with E-state index in [1.807, 2.05) is 0 Å². The number of carbonyl (C=O) groups is 1. The molecule has 1 unspecified atom stereocenters. The first kappa shape index (κ1) is 18.4. The molecule has 1 atom stereocenters. The van der Waals surface area contributed by atoms with Gasteiger partial charge in [-0.3, -0.25) is 4.79 Å². The highest BCUT2D eigenvalue weighted by atomic mass is 32.1. The molecule has 0 bridgehead atoms. The van der Waals surface area contributed by atoms with Crippen LogP contribution in [0.4, 0.5) is 0 Å². The van der Waals surface area contributed by atoms with Crippen LogP contribution in [0.25, 0.3) is 0 Å². The largest absolute Gasteiger partial charge is 0.392 e. The molecule has 0 aromatic heterocycles. The van der Waals surface area contributed by atoms with Gasteiger partial charge < -0.3 is 16.0 Å². The van der Waals surface area contributed by atoms with Gasteiger partial charge in [0.05, 0.1) is 10.4 Å². The highest BCUT2D eigenvalue weighted by Crippen LogP contribution is 2.38. The molecule has 0 spiro atoms. The van der Waals surface area contributed by atoms with Crippen molar-refractivity contribution in [2.45, 2.75) is 65.3 Å². The minimum atomic E-state index is -0.581. The van der Waals surface area contributed by atoms with Gasteiger partial charge in [0.1, 0.15) is 0 Å². The van der Waals surface area contributed by atoms with E-state index in [1.165, 1.54) is 0 Å². The van der Waals surface area contributed by atoms with Crippen LogP contribution in [-0.2, 0) is 4.79 Å². The van der Waals surface area contributed by atoms with Crippen molar-refractivity contribution in [3.8, 4) is 0 Å². The second kappa shape index (κ2) is 8.69. The van der Waals surface area contributed by atoms with E-state index in [4.69, 9.17) is 18.0 Å². The van der Waals surface area contributed by atoms with E-state index in [-0.39, 0.29) is 11.9 Å². The Hall–Kier alpha value is -0.680. The number of rotatable bonds is 9. The van der Waals surface area contributed by atoms with Gasteiger partial charge in [-0.25, -0.2) is 0 Å². The molecule has 1 aliphatic carbocycles. The molecule has 1 fully saturated rings. The van der Waals surface area contributed by atoms with Gasteiger partial charge in [-0.2, -0.15) is 0 Å². The van der Waals surface area contributed by atoms with Gasteiger partial charge in [0, 0.05) is 6.04 Å². The summed E-state index contributed by atoms with van der Waals surface area (Å²) in [4.78, 5) is 15.3. The molecule has 0 aliphatic heterocycles. The number of nitrogens with two attached hydrogens (primary N) is 1. The van der Waals surface area contributed by atoms with E-state index >= 15 is 0 Å². The summed E-state index contributed by atoms with van der Waals surface area (Å²) >= 11 is 5.16. The summed E-state index contributed by atoms with van der Waals surface area (Å²) in [5.74, 6) is 0.0443. The zero-order chi connectivity index (χ0) is 15.9. The van der Waals surface area contributed by atoms with Crippen LogP contribution in [0.15, 0.2) is 0 Å². The number of thiocarbonyl (C=S) groups is 1. The third-order valence-corrected chi connectivity index (χ3v) is 5.14. The number of hydrogen-bond acceptors (Lipinski definition) is 3. The van der Waals surface area contributed by atoms with Crippen LogP contribution in [0.1, 0.15) is 59.3 Å². The highest BCUT2D eigenvalue weighted by Gasteiger charge is 2.44. The Labute approximate surface area is 134 Å². The molecule has 1 rings (SSSR count). The van der Waals surface area contributed by atoms with Crippen molar-refractivity contribution in [1.82, 2.24) is 10.2 Å². The first-order valence-electron chi connectivity index (χ1n) is 8.29. The molecule has 0 aromatic carbocycles. The van der Waals surface area contributed by atoms with Gasteiger partial charge in [-0.05, 0) is 52.2 Å². The number of carbonyl (C=O) groups excluding carboxylic acids is 1. The quantitative estimate of drug-likeness (QED) is 0.642. The molecule has 0 radical (unpaired) electrons. The summed E-state index contributed by atoms with van der Waals surface area (Å²) in [7, 11) is 0. The summed E-state index contributed by atoms with van der Waals surface area (Å²) in [6.07, 6.45) is 5.79. The Balaban J connectivity index is 2.41. The molecule has 3 N–H and O–H groups in total. The van der Waals surface area contributed by atoms with E-state index in [1.54, 1.807) is 0 Å². The summed E-state index contributed by atoms with van der Waals surface area (Å²) in [6, 6.07) is 0.180. The van der Waals surface area contributed by atoms with Gasteiger partial charge in [0.15, 0.2) is 0 Å². The molecule has 0 aromatic rings. The lowest BCUT2D eigenvalue weighted by Gasteiger charge is -2.28. The Morgan fingerprint density at radius 3 is 2.38 bits per heavy atom. The summed E-state index contributed by atoms with van der Waals surface area (Å²) < 4.78 is 0. The van der Waals surface area contributed by atoms with Crippen LogP contribution in [0.5, 0.6) is 0 Å². The molecule has 5 heteroatoms. The maximum atomic E-state index is 12.5. The number of nitrogens with one attached hydrogen (secondary N) is 1. The zero-order valence-corrected chi connectivity index (χ0v) is 14.6. The highest BCUT2D eigenvalue weighted by molar-refractivity contribution is 7.80. The van der Waals surface area contributed by atoms with E-state index in [0.717, 1.165) is 58.2 Å². The van der Waals surface area contributed by atoms with Gasteiger partial charge in [0.2, 0.25) is 5.91 Å². The molecule has 1 saturated carbocycles. The molecular weight excluding hydrogens is 282 g/mol. The average molecular weight is 314 g/mol. The molecule has 122 valence electrons. The number of amides is 1. The molecule has 1 amide bonds. The topological polar surface area (TPSA) is 58.4 Å². The summed E-state index contributed by atoms with van der Waals surface area (Å²) in [5, 5.41) is 3.13. The maximum Gasteiger partial charge on any atom is 0.233 e. The van der Waals surface area contributed by atoms with Crippen molar-refractivity contribution in [3.05, 3.63) is 0 Å². The second-order valence-corrected chi connectivity index (χ2v) is 6.64. The minimum Gasteiger partial charge on any atom is -0.392 e. The van der Waals surface area contributed by atoms with Crippen molar-refractivity contribution >= 4 is 23.1 Å². The lowest BCUT2D eigenvalue weighted by molar-refractivity contribution is -0.128. The van der Waals surface area contributed by atoms with Gasteiger partial charge in [0.25, 0.3) is 0 Å². The smallest absolute Gasteiger partial charge is 0.233 e. The summed E-state index contributed by atoms with van der Waals surface area (Å²) in [6.45, 7) is 9.70. The molecule has 1 aliphatic rings. The molecule has 0 saturated heterocycles. The first-order chi connectivity index (χ1) is 9.96. The van der Waals surface area contributed by atoms with Crippen LogP contribution in [0.2, 0.25) is 0 Å². The lowest BCUT2D eigenvalue weighted by Crippen LogP contribution is -2.49. The monoisotopic (exact) mass is 313 g/mol. The van der Waals surface area contributed by atoms with Crippen LogP contribution in [0.3, 0.4) is 0 Å². The van der Waals surface area contributed by atoms with Crippen LogP contribution in [0, 0.1) is 5.41 Å². The lowest BCUT2D eigenvalue weighted by atomic mass is 9.84. The van der Waals surface area contributed by atoms with E-state index < -0.39 is 5.41 Å². The van der Waals surface area contributed by atoms with Crippen molar-refractivity contribution in [1.29, 1.82) is 0 Å². The molecular formula is C16H31N3OS. The third kappa shape index (κ3) is 4.92. The first-order valence-corrected chi connectivity index (χ1v) is 8.70. The van der Waals surface area contributed by atoms with Gasteiger partial charge in [-0.1, -0.05) is 38.9 Å². The van der Waals surface area contributed by atoms with E-state index in [9.17, 15) is 4.79 Å². The van der Waals surface area contributed by atoms with Crippen LogP contribution in [-0.4, -0.2) is 41.5 Å². The minimum absolute atomic E-state index is 0.0443. The fourth-order valence-corrected chi connectivity index (χ4v) is 3.46. The number of hydrogen-bond donors (Lipinski definition) is 2. The van der Waals surface area contributed by atoms with Crippen LogP contribution < -0.4 is 11.1 Å². The molecule has 21 heavy (non-hydrogen) atoms. The fraction of sp³-hybridized carbons (Fsp3) is 0.875. The number of nitrogens with zero attached hydrogens (tertiary/aromatic N) is 1. The Kier molecular flexibility index (Phi) is 7.60. The summed E-state index contributed by atoms with van der Waals surface area (Å²) in [5.41, 5.74) is 5.27. The van der Waals surface area contributed by atoms with Crippen molar-refractivity contribution < 1.29 is 4.79 Å². The third-order valence-electron chi connectivity index (χ3n) is 4.75. The zero-order valence-electron chi connectivity index (χ0n) is 13.8. The van der Waals surface area contributed by atoms with Crippen molar-refractivity contribution in [2.75, 3.05) is 19.6 Å². The predicted molar refractivity (Wildman–Crippen MR) is 92.3 cm³/mol. The standard InChI is InChI=1S/C16H31N3OS/c1-4-19(5-2)12-8-9-13(3)18-15(20)16(14(17)21)10-6-7-11-16/h13H,4-12H2,1-3H3,(H2,17,21)(H,18,20). The van der Waals surface area contributed by atoms with E-state index in [2.05, 4.69) is 31.0 Å². The Morgan fingerprint density at radius 2 is 1.90 bits per heavy atom. The Bertz CT molecular complexity index is 349. The van der Waals surface area contributed by atoms with Gasteiger partial charge >= 0.3 is 0 Å². The molecule has 0 heterocycles. The predicted octanol–water partition coefficient (Wildman–Crippen LogP) is 2.46. The van der Waals surface area contributed by atoms with Crippen LogP contribution >= 0.6 is 12.2 Å². The van der Waals surface area contributed by atoms with Gasteiger partial charge in [-0.15, -0.1) is 0 Å². The Morgan fingerprint density at radius 1 is 1.33 bits per heavy atom. The maximum absolute atomic E-state index is 12.5. The molecule has 4 nitrogen and oxygen atoms in total. The SMILES string of the molecule is CCN(CC)CCCC(C)NC(=O)C1(C(N)=S)CCCC1.